The molecule has 1 amide bonds. The number of aromatic nitrogens is 3. The zero-order chi connectivity index (χ0) is 19.4. The highest BCUT2D eigenvalue weighted by Gasteiger charge is 2.29. The molecule has 1 aliphatic carbocycles. The lowest BCUT2D eigenvalue weighted by molar-refractivity contribution is -0.116. The molecule has 1 saturated carbocycles. The Kier molecular flexibility index (Phi) is 5.90. The molecule has 142 valence electrons. The van der Waals surface area contributed by atoms with E-state index in [0.717, 1.165) is 35.7 Å². The Balaban J connectivity index is 1.61. The van der Waals surface area contributed by atoms with E-state index in [4.69, 9.17) is 5.26 Å². The Morgan fingerprint density at radius 3 is 2.59 bits per heavy atom. The average Bonchev–Trinajstić information content (AvgIpc) is 3.40. The van der Waals surface area contributed by atoms with E-state index in [1.807, 2.05) is 6.92 Å². The largest absolute Gasteiger partial charge is 0.326 e. The summed E-state index contributed by atoms with van der Waals surface area (Å²) in [5.41, 5.74) is 2.23. The number of hydrogen-bond donors (Lipinski definition) is 1. The van der Waals surface area contributed by atoms with Gasteiger partial charge in [-0.05, 0) is 55.9 Å². The number of carbonyl (C=O) groups excluding carboxylic acids is 1. The van der Waals surface area contributed by atoms with E-state index in [-0.39, 0.29) is 5.91 Å². The van der Waals surface area contributed by atoms with Crippen molar-refractivity contribution in [3.8, 4) is 6.07 Å². The first kappa shape index (κ1) is 19.1. The average molecular weight is 365 g/mol. The third kappa shape index (κ3) is 4.94. The molecule has 1 aliphatic rings. The van der Waals surface area contributed by atoms with Crippen molar-refractivity contribution in [1.82, 2.24) is 14.8 Å². The topological polar surface area (TPSA) is 83.6 Å². The maximum absolute atomic E-state index is 12.4. The van der Waals surface area contributed by atoms with Crippen LogP contribution in [0.25, 0.3) is 0 Å². The van der Waals surface area contributed by atoms with Crippen molar-refractivity contribution in [2.45, 2.75) is 65.3 Å². The second-order valence-electron chi connectivity index (χ2n) is 7.76. The summed E-state index contributed by atoms with van der Waals surface area (Å²) in [5.74, 6) is 2.57. The fraction of sp³-hybridized carbons (Fsp3) is 0.524. The van der Waals surface area contributed by atoms with Crippen LogP contribution in [0.4, 0.5) is 5.69 Å². The van der Waals surface area contributed by atoms with E-state index in [9.17, 15) is 4.79 Å². The van der Waals surface area contributed by atoms with Gasteiger partial charge in [0, 0.05) is 31.0 Å². The summed E-state index contributed by atoms with van der Waals surface area (Å²) < 4.78 is 2.27. The minimum atomic E-state index is -0.0446. The van der Waals surface area contributed by atoms with Gasteiger partial charge in [0.2, 0.25) is 5.91 Å². The lowest BCUT2D eigenvalue weighted by Crippen LogP contribution is -2.15. The zero-order valence-corrected chi connectivity index (χ0v) is 16.3. The third-order valence-corrected chi connectivity index (χ3v) is 4.90. The Hall–Kier alpha value is -2.68. The Labute approximate surface area is 160 Å². The van der Waals surface area contributed by atoms with Crippen LogP contribution >= 0.6 is 0 Å². The van der Waals surface area contributed by atoms with E-state index in [2.05, 4.69) is 40.0 Å². The standard InChI is InChI=1S/C21H27N5O/c1-14(2)4-9-19-24-25-20(26(19)17-6-7-17)10-11-21(27)23-18-8-5-16(13-22)12-15(18)3/h5,8,12,14,17H,4,6-7,9-11H2,1-3H3,(H,23,27). The van der Waals surface area contributed by atoms with Crippen molar-refractivity contribution < 1.29 is 4.79 Å². The molecule has 0 spiro atoms. The third-order valence-electron chi connectivity index (χ3n) is 4.90. The molecule has 0 radical (unpaired) electrons. The summed E-state index contributed by atoms with van der Waals surface area (Å²) in [4.78, 5) is 12.4. The number of aryl methyl sites for hydroxylation is 3. The number of nitrogens with one attached hydrogen (secondary N) is 1. The summed E-state index contributed by atoms with van der Waals surface area (Å²) in [7, 11) is 0. The van der Waals surface area contributed by atoms with Gasteiger partial charge in [-0.1, -0.05) is 13.8 Å². The van der Waals surface area contributed by atoms with Crippen molar-refractivity contribution in [1.29, 1.82) is 5.26 Å². The minimum Gasteiger partial charge on any atom is -0.326 e. The predicted octanol–water partition coefficient (Wildman–Crippen LogP) is 3.95. The molecule has 1 aromatic carbocycles. The van der Waals surface area contributed by atoms with Crippen LogP contribution in [0.3, 0.4) is 0 Å². The van der Waals surface area contributed by atoms with Crippen LogP contribution in [0.2, 0.25) is 0 Å². The molecular weight excluding hydrogens is 338 g/mol. The van der Waals surface area contributed by atoms with E-state index < -0.39 is 0 Å². The van der Waals surface area contributed by atoms with Gasteiger partial charge >= 0.3 is 0 Å². The van der Waals surface area contributed by atoms with E-state index >= 15 is 0 Å². The molecule has 0 atom stereocenters. The number of nitrogens with zero attached hydrogens (tertiary/aromatic N) is 4. The molecule has 1 aromatic heterocycles. The van der Waals surface area contributed by atoms with Gasteiger partial charge in [0.15, 0.2) is 0 Å². The summed E-state index contributed by atoms with van der Waals surface area (Å²) in [6, 6.07) is 7.90. The first-order chi connectivity index (χ1) is 13.0. The second kappa shape index (κ2) is 8.34. The summed E-state index contributed by atoms with van der Waals surface area (Å²) in [6.07, 6.45) is 5.36. The van der Waals surface area contributed by atoms with Crippen LogP contribution in [-0.4, -0.2) is 20.7 Å². The van der Waals surface area contributed by atoms with Gasteiger partial charge < -0.3 is 9.88 Å². The number of carbonyl (C=O) groups is 1. The van der Waals surface area contributed by atoms with Gasteiger partial charge in [-0.2, -0.15) is 5.26 Å². The molecule has 0 unspecified atom stereocenters. The SMILES string of the molecule is Cc1cc(C#N)ccc1NC(=O)CCc1nnc(CCC(C)C)n1C1CC1. The van der Waals surface area contributed by atoms with E-state index in [1.165, 1.54) is 12.8 Å². The fourth-order valence-electron chi connectivity index (χ4n) is 3.19. The molecule has 1 N–H and O–H groups in total. The number of benzene rings is 1. The van der Waals surface area contributed by atoms with E-state index in [1.54, 1.807) is 18.2 Å². The molecule has 1 heterocycles. The molecule has 6 heteroatoms. The fourth-order valence-corrected chi connectivity index (χ4v) is 3.19. The first-order valence-corrected chi connectivity index (χ1v) is 9.71. The Morgan fingerprint density at radius 1 is 1.30 bits per heavy atom. The molecular formula is C21H27N5O. The molecule has 0 bridgehead atoms. The molecule has 6 nitrogen and oxygen atoms in total. The minimum absolute atomic E-state index is 0.0446. The molecule has 1 fully saturated rings. The summed E-state index contributed by atoms with van der Waals surface area (Å²) in [6.45, 7) is 6.32. The predicted molar refractivity (Wildman–Crippen MR) is 104 cm³/mol. The molecule has 0 aliphatic heterocycles. The normalized spacial score (nSPS) is 13.6. The number of anilines is 1. The smallest absolute Gasteiger partial charge is 0.224 e. The lowest BCUT2D eigenvalue weighted by atomic mass is 10.1. The van der Waals surface area contributed by atoms with Crippen LogP contribution < -0.4 is 5.32 Å². The quantitative estimate of drug-likeness (QED) is 0.767. The number of nitriles is 1. The highest BCUT2D eigenvalue weighted by atomic mass is 16.1. The monoisotopic (exact) mass is 365 g/mol. The zero-order valence-electron chi connectivity index (χ0n) is 16.3. The van der Waals surface area contributed by atoms with Crippen LogP contribution in [0.5, 0.6) is 0 Å². The molecule has 2 aromatic rings. The van der Waals surface area contributed by atoms with Gasteiger partial charge in [0.25, 0.3) is 0 Å². The van der Waals surface area contributed by atoms with Crippen molar-refractivity contribution in [2.75, 3.05) is 5.32 Å². The molecule has 0 saturated heterocycles. The van der Waals surface area contributed by atoms with Crippen LogP contribution in [0.15, 0.2) is 18.2 Å². The highest BCUT2D eigenvalue weighted by molar-refractivity contribution is 5.91. The van der Waals surface area contributed by atoms with Gasteiger partial charge in [-0.3, -0.25) is 4.79 Å². The summed E-state index contributed by atoms with van der Waals surface area (Å²) >= 11 is 0. The van der Waals surface area contributed by atoms with Crippen molar-refractivity contribution >= 4 is 11.6 Å². The van der Waals surface area contributed by atoms with E-state index in [0.29, 0.717) is 30.4 Å². The highest BCUT2D eigenvalue weighted by Crippen LogP contribution is 2.37. The van der Waals surface area contributed by atoms with Gasteiger partial charge in [-0.15, -0.1) is 10.2 Å². The van der Waals surface area contributed by atoms with Crippen molar-refractivity contribution in [3.63, 3.8) is 0 Å². The van der Waals surface area contributed by atoms with Crippen LogP contribution in [0.1, 0.15) is 68.3 Å². The Bertz CT molecular complexity index is 858. The van der Waals surface area contributed by atoms with Gasteiger partial charge in [0.1, 0.15) is 11.6 Å². The molecule has 3 rings (SSSR count). The summed E-state index contributed by atoms with van der Waals surface area (Å²) in [5, 5.41) is 20.6. The second-order valence-corrected chi connectivity index (χ2v) is 7.76. The van der Waals surface area contributed by atoms with Crippen molar-refractivity contribution in [2.24, 2.45) is 5.92 Å². The van der Waals surface area contributed by atoms with Gasteiger partial charge in [0.05, 0.1) is 11.6 Å². The Morgan fingerprint density at radius 2 is 2.00 bits per heavy atom. The molecule has 27 heavy (non-hydrogen) atoms. The number of amides is 1. The maximum atomic E-state index is 12.4. The number of rotatable bonds is 8. The van der Waals surface area contributed by atoms with Crippen LogP contribution in [0, 0.1) is 24.2 Å². The number of hydrogen-bond acceptors (Lipinski definition) is 4. The maximum Gasteiger partial charge on any atom is 0.224 e. The van der Waals surface area contributed by atoms with Crippen molar-refractivity contribution in [3.05, 3.63) is 41.0 Å². The van der Waals surface area contributed by atoms with Gasteiger partial charge in [-0.25, -0.2) is 0 Å². The lowest BCUT2D eigenvalue weighted by Gasteiger charge is -2.11. The van der Waals surface area contributed by atoms with Crippen LogP contribution in [-0.2, 0) is 17.6 Å². The first-order valence-electron chi connectivity index (χ1n) is 9.71.